The highest BCUT2D eigenvalue weighted by Gasteiger charge is 2.33. The van der Waals surface area contributed by atoms with Gasteiger partial charge in [-0.25, -0.2) is 9.97 Å². The molecule has 1 amide bonds. The number of thiophene rings is 1. The molecule has 1 unspecified atom stereocenters. The third-order valence-electron chi connectivity index (χ3n) is 5.81. The van der Waals surface area contributed by atoms with Crippen molar-refractivity contribution in [1.82, 2.24) is 20.2 Å². The number of amides is 1. The van der Waals surface area contributed by atoms with Crippen molar-refractivity contribution >= 4 is 33.3 Å². The number of fused-ring (bicyclic) bond motifs is 1. The topological polar surface area (TPSA) is 61.4 Å². The summed E-state index contributed by atoms with van der Waals surface area (Å²) in [4.78, 5) is 27.9. The maximum absolute atomic E-state index is 13.4. The molecule has 0 bridgehead atoms. The fraction of sp³-hybridized carbons (Fsp3) is 0.650. The van der Waals surface area contributed by atoms with E-state index in [1.807, 2.05) is 0 Å². The van der Waals surface area contributed by atoms with Gasteiger partial charge in [0.1, 0.15) is 17.0 Å². The van der Waals surface area contributed by atoms with E-state index >= 15 is 0 Å². The lowest BCUT2D eigenvalue weighted by atomic mass is 9.94. The van der Waals surface area contributed by atoms with Crippen LogP contribution in [-0.4, -0.2) is 59.5 Å². The SMILES string of the molecule is CCCN(C(=O)C1CCCN(c2ncnc3sccc23)C1)C1CCNCC1. The fourth-order valence-corrected chi connectivity index (χ4v) is 5.19. The van der Waals surface area contributed by atoms with Crippen molar-refractivity contribution in [2.24, 2.45) is 5.92 Å². The second-order valence-corrected chi connectivity index (χ2v) is 8.53. The number of carbonyl (C=O) groups excluding carboxylic acids is 1. The molecule has 6 nitrogen and oxygen atoms in total. The summed E-state index contributed by atoms with van der Waals surface area (Å²) in [6, 6.07) is 2.50. The van der Waals surface area contributed by atoms with Crippen LogP contribution in [0.15, 0.2) is 17.8 Å². The van der Waals surface area contributed by atoms with Gasteiger partial charge in [0.15, 0.2) is 0 Å². The molecule has 2 aliphatic heterocycles. The third-order valence-corrected chi connectivity index (χ3v) is 6.63. The van der Waals surface area contributed by atoms with Crippen molar-refractivity contribution in [3.05, 3.63) is 17.8 Å². The van der Waals surface area contributed by atoms with Crippen LogP contribution in [0.3, 0.4) is 0 Å². The Bertz CT molecular complexity index is 773. The molecule has 2 fully saturated rings. The first kappa shape index (κ1) is 18.6. The van der Waals surface area contributed by atoms with Gasteiger partial charge in [0.2, 0.25) is 5.91 Å². The molecule has 146 valence electrons. The first-order chi connectivity index (χ1) is 13.3. The number of rotatable bonds is 5. The monoisotopic (exact) mass is 387 g/mol. The second-order valence-electron chi connectivity index (χ2n) is 7.63. The predicted molar refractivity (Wildman–Crippen MR) is 110 cm³/mol. The zero-order valence-corrected chi connectivity index (χ0v) is 16.9. The number of nitrogens with zero attached hydrogens (tertiary/aromatic N) is 4. The van der Waals surface area contributed by atoms with Crippen LogP contribution < -0.4 is 10.2 Å². The van der Waals surface area contributed by atoms with Crippen LogP contribution in [-0.2, 0) is 4.79 Å². The van der Waals surface area contributed by atoms with Gasteiger partial charge in [-0.2, -0.15) is 0 Å². The number of hydrogen-bond acceptors (Lipinski definition) is 6. The molecule has 0 radical (unpaired) electrons. The summed E-state index contributed by atoms with van der Waals surface area (Å²) in [6.45, 7) is 6.82. The summed E-state index contributed by atoms with van der Waals surface area (Å²) < 4.78 is 0. The zero-order chi connectivity index (χ0) is 18.6. The molecule has 1 N–H and O–H groups in total. The van der Waals surface area contributed by atoms with Crippen LogP contribution in [0.5, 0.6) is 0 Å². The Morgan fingerprint density at radius 1 is 1.33 bits per heavy atom. The minimum absolute atomic E-state index is 0.0730. The summed E-state index contributed by atoms with van der Waals surface area (Å²) >= 11 is 1.64. The van der Waals surface area contributed by atoms with Gasteiger partial charge in [-0.1, -0.05) is 6.92 Å². The maximum atomic E-state index is 13.4. The van der Waals surface area contributed by atoms with E-state index in [9.17, 15) is 4.79 Å². The van der Waals surface area contributed by atoms with Crippen molar-refractivity contribution in [2.45, 2.75) is 45.1 Å². The minimum Gasteiger partial charge on any atom is -0.355 e. The second kappa shape index (κ2) is 8.52. The van der Waals surface area contributed by atoms with Crippen molar-refractivity contribution < 1.29 is 4.79 Å². The van der Waals surface area contributed by atoms with Gasteiger partial charge in [0, 0.05) is 25.7 Å². The van der Waals surface area contributed by atoms with E-state index < -0.39 is 0 Å². The summed E-state index contributed by atoms with van der Waals surface area (Å²) in [5, 5.41) is 6.59. The van der Waals surface area contributed by atoms with E-state index in [-0.39, 0.29) is 5.92 Å². The summed E-state index contributed by atoms with van der Waals surface area (Å²) in [5.41, 5.74) is 0. The van der Waals surface area contributed by atoms with E-state index in [2.05, 4.69) is 43.5 Å². The van der Waals surface area contributed by atoms with Gasteiger partial charge in [-0.05, 0) is 56.6 Å². The van der Waals surface area contributed by atoms with E-state index in [1.54, 1.807) is 17.7 Å². The molecule has 0 saturated carbocycles. The van der Waals surface area contributed by atoms with E-state index in [0.717, 1.165) is 80.9 Å². The van der Waals surface area contributed by atoms with E-state index in [4.69, 9.17) is 0 Å². The number of hydrogen-bond donors (Lipinski definition) is 1. The van der Waals surface area contributed by atoms with Crippen LogP contribution in [0.2, 0.25) is 0 Å². The highest BCUT2D eigenvalue weighted by molar-refractivity contribution is 7.16. The van der Waals surface area contributed by atoms with Crippen molar-refractivity contribution in [1.29, 1.82) is 0 Å². The number of aromatic nitrogens is 2. The highest BCUT2D eigenvalue weighted by atomic mass is 32.1. The smallest absolute Gasteiger partial charge is 0.227 e. The quantitative estimate of drug-likeness (QED) is 0.855. The average molecular weight is 388 g/mol. The lowest BCUT2D eigenvalue weighted by Crippen LogP contribution is -2.51. The van der Waals surface area contributed by atoms with Crippen LogP contribution >= 0.6 is 11.3 Å². The lowest BCUT2D eigenvalue weighted by molar-refractivity contribution is -0.138. The van der Waals surface area contributed by atoms with Gasteiger partial charge in [0.05, 0.1) is 11.3 Å². The zero-order valence-electron chi connectivity index (χ0n) is 16.1. The molecule has 2 saturated heterocycles. The molecule has 0 aromatic carbocycles. The molecule has 7 heteroatoms. The number of anilines is 1. The molecular weight excluding hydrogens is 358 g/mol. The van der Waals surface area contributed by atoms with Crippen molar-refractivity contribution in [3.8, 4) is 0 Å². The Kier molecular flexibility index (Phi) is 5.88. The summed E-state index contributed by atoms with van der Waals surface area (Å²) in [7, 11) is 0. The Hall–Kier alpha value is -1.73. The first-order valence-corrected chi connectivity index (χ1v) is 11.1. The minimum atomic E-state index is 0.0730. The molecular formula is C20H29N5OS. The van der Waals surface area contributed by atoms with Crippen LogP contribution in [0.4, 0.5) is 5.82 Å². The normalized spacial score (nSPS) is 21.5. The number of carbonyl (C=O) groups is 1. The highest BCUT2D eigenvalue weighted by Crippen LogP contribution is 2.31. The Morgan fingerprint density at radius 3 is 3.00 bits per heavy atom. The van der Waals surface area contributed by atoms with Crippen molar-refractivity contribution in [2.75, 3.05) is 37.6 Å². The Balaban J connectivity index is 1.51. The molecule has 4 rings (SSSR count). The van der Waals surface area contributed by atoms with Crippen LogP contribution in [0.25, 0.3) is 10.2 Å². The summed E-state index contributed by atoms with van der Waals surface area (Å²) in [5.74, 6) is 1.41. The Labute approximate surface area is 165 Å². The molecule has 2 aromatic heterocycles. The molecule has 1 atom stereocenters. The predicted octanol–water partition coefficient (Wildman–Crippen LogP) is 2.90. The molecule has 27 heavy (non-hydrogen) atoms. The largest absolute Gasteiger partial charge is 0.355 e. The summed E-state index contributed by atoms with van der Waals surface area (Å²) in [6.07, 6.45) is 6.84. The number of nitrogens with one attached hydrogen (secondary N) is 1. The standard InChI is InChI=1S/C20H29N5OS/c1-2-10-25(16-5-8-21-9-6-16)20(26)15-4-3-11-24(13-15)18-17-7-12-27-19(17)23-14-22-18/h7,12,14-16,21H,2-6,8-11,13H2,1H3. The third kappa shape index (κ3) is 3.94. The lowest BCUT2D eigenvalue weighted by Gasteiger charge is -2.40. The van der Waals surface area contributed by atoms with Crippen LogP contribution in [0, 0.1) is 5.92 Å². The van der Waals surface area contributed by atoms with Gasteiger partial charge in [-0.3, -0.25) is 4.79 Å². The Morgan fingerprint density at radius 2 is 2.19 bits per heavy atom. The molecule has 0 aliphatic carbocycles. The first-order valence-electron chi connectivity index (χ1n) is 10.2. The van der Waals surface area contributed by atoms with Gasteiger partial charge in [0.25, 0.3) is 0 Å². The fourth-order valence-electron chi connectivity index (χ4n) is 4.47. The van der Waals surface area contributed by atoms with Gasteiger partial charge < -0.3 is 15.1 Å². The van der Waals surface area contributed by atoms with Crippen LogP contribution in [0.1, 0.15) is 39.0 Å². The molecule has 2 aromatic rings. The molecule has 4 heterocycles. The van der Waals surface area contributed by atoms with Gasteiger partial charge >= 0.3 is 0 Å². The van der Waals surface area contributed by atoms with Crippen molar-refractivity contribution in [3.63, 3.8) is 0 Å². The average Bonchev–Trinajstić information content (AvgIpc) is 3.21. The maximum Gasteiger partial charge on any atom is 0.227 e. The number of piperidine rings is 2. The molecule has 2 aliphatic rings. The molecule has 0 spiro atoms. The van der Waals surface area contributed by atoms with E-state index in [0.29, 0.717) is 11.9 Å². The van der Waals surface area contributed by atoms with E-state index in [1.165, 1.54) is 0 Å². The van der Waals surface area contributed by atoms with Gasteiger partial charge in [-0.15, -0.1) is 11.3 Å².